The van der Waals surface area contributed by atoms with Gasteiger partial charge < -0.3 is 0 Å². The van der Waals surface area contributed by atoms with Crippen LogP contribution in [0.1, 0.15) is 51.9 Å². The van der Waals surface area contributed by atoms with Gasteiger partial charge in [0.2, 0.25) is 0 Å². The Labute approximate surface area is 77.1 Å². The van der Waals surface area contributed by atoms with Crippen LogP contribution >= 0.6 is 0 Å². The number of rotatable bonds is 4. The van der Waals surface area contributed by atoms with E-state index < -0.39 is 0 Å². The third-order valence-electron chi connectivity index (χ3n) is 3.33. The van der Waals surface area contributed by atoms with Crippen molar-refractivity contribution in [2.24, 2.45) is 11.8 Å². The fourth-order valence-electron chi connectivity index (χ4n) is 2.53. The van der Waals surface area contributed by atoms with E-state index in [1.807, 2.05) is 0 Å². The van der Waals surface area contributed by atoms with Crippen LogP contribution in [-0.4, -0.2) is 0 Å². The fourth-order valence-corrected chi connectivity index (χ4v) is 2.53. The lowest BCUT2D eigenvalue weighted by molar-refractivity contribution is 0.219. The first kappa shape index (κ1) is 9.83. The molecule has 1 aliphatic carbocycles. The second kappa shape index (κ2) is 5.40. The highest BCUT2D eigenvalue weighted by Gasteiger charge is 2.22. The lowest BCUT2D eigenvalue weighted by Gasteiger charge is -2.30. The molecule has 1 fully saturated rings. The monoisotopic (exact) mass is 166 g/mol. The topological polar surface area (TPSA) is 0 Å². The summed E-state index contributed by atoms with van der Waals surface area (Å²) in [6.45, 7) is 6.14. The fraction of sp³-hybridized carbons (Fsp3) is 0.833. The standard InChI is InChI=1S/C12H22/c1-3-5-8-12-10-7-6-9-11(12)4-2/h3,11-12H,1,4-10H2,2H3. The summed E-state index contributed by atoms with van der Waals surface area (Å²) < 4.78 is 0. The average molecular weight is 166 g/mol. The Bertz CT molecular complexity index is 126. The van der Waals surface area contributed by atoms with Gasteiger partial charge in [-0.3, -0.25) is 0 Å². The van der Waals surface area contributed by atoms with Gasteiger partial charge in [-0.15, -0.1) is 6.58 Å². The smallest absolute Gasteiger partial charge is 0.0351 e. The van der Waals surface area contributed by atoms with Gasteiger partial charge in [-0.25, -0.2) is 0 Å². The zero-order valence-corrected chi connectivity index (χ0v) is 8.39. The van der Waals surface area contributed by atoms with E-state index in [0.29, 0.717) is 0 Å². The van der Waals surface area contributed by atoms with Gasteiger partial charge >= 0.3 is 0 Å². The van der Waals surface area contributed by atoms with Crippen LogP contribution < -0.4 is 0 Å². The molecule has 1 aliphatic rings. The molecule has 0 aromatic rings. The molecule has 2 unspecified atom stereocenters. The molecule has 1 saturated carbocycles. The van der Waals surface area contributed by atoms with Crippen molar-refractivity contribution >= 4 is 0 Å². The Morgan fingerprint density at radius 2 is 1.92 bits per heavy atom. The van der Waals surface area contributed by atoms with Crippen molar-refractivity contribution in [3.63, 3.8) is 0 Å². The zero-order chi connectivity index (χ0) is 8.81. The molecule has 0 heteroatoms. The Morgan fingerprint density at radius 3 is 2.50 bits per heavy atom. The Hall–Kier alpha value is -0.260. The molecule has 0 amide bonds. The molecule has 0 heterocycles. The molecule has 0 spiro atoms. The van der Waals surface area contributed by atoms with Crippen LogP contribution in [0.5, 0.6) is 0 Å². The number of allylic oxidation sites excluding steroid dienone is 1. The highest BCUT2D eigenvalue weighted by Crippen LogP contribution is 2.34. The van der Waals surface area contributed by atoms with Gasteiger partial charge in [0.25, 0.3) is 0 Å². The van der Waals surface area contributed by atoms with Gasteiger partial charge in [0.15, 0.2) is 0 Å². The summed E-state index contributed by atoms with van der Waals surface area (Å²) in [7, 11) is 0. The normalized spacial score (nSPS) is 30.1. The van der Waals surface area contributed by atoms with Crippen LogP contribution in [0.4, 0.5) is 0 Å². The summed E-state index contributed by atoms with van der Waals surface area (Å²) in [5.41, 5.74) is 0. The minimum Gasteiger partial charge on any atom is -0.103 e. The van der Waals surface area contributed by atoms with Crippen LogP contribution in [0.25, 0.3) is 0 Å². The van der Waals surface area contributed by atoms with Gasteiger partial charge in [-0.05, 0) is 24.7 Å². The second-order valence-corrected chi connectivity index (χ2v) is 4.08. The summed E-state index contributed by atoms with van der Waals surface area (Å²) >= 11 is 0. The van der Waals surface area contributed by atoms with E-state index in [4.69, 9.17) is 0 Å². The molecule has 12 heavy (non-hydrogen) atoms. The maximum atomic E-state index is 3.80. The van der Waals surface area contributed by atoms with Crippen molar-refractivity contribution in [3.8, 4) is 0 Å². The molecule has 1 rings (SSSR count). The molecule has 0 aromatic carbocycles. The van der Waals surface area contributed by atoms with E-state index in [2.05, 4.69) is 19.6 Å². The first-order chi connectivity index (χ1) is 5.88. The summed E-state index contributed by atoms with van der Waals surface area (Å²) in [4.78, 5) is 0. The summed E-state index contributed by atoms with van der Waals surface area (Å²) in [5.74, 6) is 2.04. The molecular formula is C12H22. The van der Waals surface area contributed by atoms with Gasteiger partial charge in [-0.1, -0.05) is 45.1 Å². The summed E-state index contributed by atoms with van der Waals surface area (Å²) in [6, 6.07) is 0. The van der Waals surface area contributed by atoms with E-state index in [1.54, 1.807) is 0 Å². The lowest BCUT2D eigenvalue weighted by atomic mass is 9.76. The van der Waals surface area contributed by atoms with Crippen LogP contribution in [0, 0.1) is 11.8 Å². The molecule has 70 valence electrons. The predicted octanol–water partition coefficient (Wildman–Crippen LogP) is 4.17. The number of hydrogen-bond donors (Lipinski definition) is 0. The van der Waals surface area contributed by atoms with Gasteiger partial charge in [-0.2, -0.15) is 0 Å². The van der Waals surface area contributed by atoms with Gasteiger partial charge in [0.1, 0.15) is 0 Å². The molecule has 0 aliphatic heterocycles. The average Bonchev–Trinajstić information content (AvgIpc) is 2.15. The maximum Gasteiger partial charge on any atom is -0.0351 e. The maximum absolute atomic E-state index is 3.80. The molecule has 0 aromatic heterocycles. The van der Waals surface area contributed by atoms with E-state index in [-0.39, 0.29) is 0 Å². The van der Waals surface area contributed by atoms with Crippen LogP contribution in [0.3, 0.4) is 0 Å². The molecular weight excluding hydrogens is 144 g/mol. The van der Waals surface area contributed by atoms with Crippen LogP contribution in [-0.2, 0) is 0 Å². The molecule has 2 atom stereocenters. The Kier molecular flexibility index (Phi) is 4.42. The van der Waals surface area contributed by atoms with Crippen LogP contribution in [0.2, 0.25) is 0 Å². The highest BCUT2D eigenvalue weighted by atomic mass is 14.3. The summed E-state index contributed by atoms with van der Waals surface area (Å²) in [6.07, 6.45) is 12.0. The van der Waals surface area contributed by atoms with Crippen molar-refractivity contribution in [3.05, 3.63) is 12.7 Å². The van der Waals surface area contributed by atoms with Crippen molar-refractivity contribution in [1.29, 1.82) is 0 Å². The summed E-state index contributed by atoms with van der Waals surface area (Å²) in [5, 5.41) is 0. The minimum atomic E-state index is 1.02. The van der Waals surface area contributed by atoms with Crippen molar-refractivity contribution in [2.45, 2.75) is 51.9 Å². The van der Waals surface area contributed by atoms with E-state index in [1.165, 1.54) is 44.9 Å². The first-order valence-corrected chi connectivity index (χ1v) is 5.49. The lowest BCUT2D eigenvalue weighted by Crippen LogP contribution is -2.18. The zero-order valence-electron chi connectivity index (χ0n) is 8.39. The Morgan fingerprint density at radius 1 is 1.25 bits per heavy atom. The van der Waals surface area contributed by atoms with Crippen molar-refractivity contribution in [1.82, 2.24) is 0 Å². The SMILES string of the molecule is C=CCCC1CCCCC1CC. The van der Waals surface area contributed by atoms with E-state index in [0.717, 1.165) is 11.8 Å². The van der Waals surface area contributed by atoms with Crippen molar-refractivity contribution in [2.75, 3.05) is 0 Å². The van der Waals surface area contributed by atoms with Gasteiger partial charge in [0.05, 0.1) is 0 Å². The quantitative estimate of drug-likeness (QED) is 0.550. The number of hydrogen-bond acceptors (Lipinski definition) is 0. The molecule has 0 bridgehead atoms. The molecule has 0 saturated heterocycles. The van der Waals surface area contributed by atoms with E-state index >= 15 is 0 Å². The third kappa shape index (κ3) is 2.66. The Balaban J connectivity index is 2.30. The minimum absolute atomic E-state index is 1.02. The molecule has 0 radical (unpaired) electrons. The molecule has 0 N–H and O–H groups in total. The third-order valence-corrected chi connectivity index (χ3v) is 3.33. The van der Waals surface area contributed by atoms with E-state index in [9.17, 15) is 0 Å². The van der Waals surface area contributed by atoms with Crippen molar-refractivity contribution < 1.29 is 0 Å². The largest absolute Gasteiger partial charge is 0.103 e. The highest BCUT2D eigenvalue weighted by molar-refractivity contribution is 4.77. The predicted molar refractivity (Wildman–Crippen MR) is 55.2 cm³/mol. The second-order valence-electron chi connectivity index (χ2n) is 4.08. The van der Waals surface area contributed by atoms with Gasteiger partial charge in [0, 0.05) is 0 Å². The molecule has 0 nitrogen and oxygen atoms in total. The first-order valence-electron chi connectivity index (χ1n) is 5.49. The van der Waals surface area contributed by atoms with Crippen LogP contribution in [0.15, 0.2) is 12.7 Å².